The first-order valence-corrected chi connectivity index (χ1v) is 11.3. The lowest BCUT2D eigenvalue weighted by molar-refractivity contribution is 0.102. The van der Waals surface area contributed by atoms with E-state index in [1.165, 1.54) is 31.3 Å². The van der Waals surface area contributed by atoms with Gasteiger partial charge in [0.2, 0.25) is 10.0 Å². The maximum atomic E-state index is 13.1. The maximum Gasteiger partial charge on any atom is 0.259 e. The second kappa shape index (κ2) is 7.63. The molecule has 0 bridgehead atoms. The van der Waals surface area contributed by atoms with Crippen LogP contribution < -0.4 is 10.0 Å². The van der Waals surface area contributed by atoms with Crippen molar-refractivity contribution in [2.75, 3.05) is 12.4 Å². The van der Waals surface area contributed by atoms with Crippen LogP contribution in [-0.4, -0.2) is 31.5 Å². The molecule has 10 heteroatoms. The number of anilines is 1. The summed E-state index contributed by atoms with van der Waals surface area (Å²) >= 11 is 1.57. The minimum Gasteiger partial charge on any atom is -0.335 e. The highest BCUT2D eigenvalue weighted by molar-refractivity contribution is 7.89. The number of hydrogen-bond donors (Lipinski definition) is 2. The summed E-state index contributed by atoms with van der Waals surface area (Å²) in [6.45, 7) is 3.74. The molecule has 0 aliphatic heterocycles. The molecule has 4 aromatic rings. The number of rotatable bonds is 5. The van der Waals surface area contributed by atoms with Gasteiger partial charge in [-0.2, -0.15) is 0 Å². The predicted molar refractivity (Wildman–Crippen MR) is 115 cm³/mol. The molecule has 4 rings (SSSR count). The van der Waals surface area contributed by atoms with Crippen molar-refractivity contribution in [2.45, 2.75) is 18.7 Å². The number of pyridine rings is 1. The van der Waals surface area contributed by atoms with Crippen molar-refractivity contribution >= 4 is 44.1 Å². The van der Waals surface area contributed by atoms with Crippen molar-refractivity contribution in [3.05, 3.63) is 58.6 Å². The summed E-state index contributed by atoms with van der Waals surface area (Å²) in [7, 11) is -2.21. The minimum absolute atomic E-state index is 0.111. The molecule has 30 heavy (non-hydrogen) atoms. The number of nitrogens with one attached hydrogen (secondary N) is 2. The molecule has 0 fully saturated rings. The van der Waals surface area contributed by atoms with E-state index in [2.05, 4.69) is 20.2 Å². The van der Waals surface area contributed by atoms with Gasteiger partial charge in [0.25, 0.3) is 11.6 Å². The number of fused-ring (bicyclic) bond motifs is 1. The maximum absolute atomic E-state index is 13.1. The fourth-order valence-electron chi connectivity index (χ4n) is 3.01. The molecular formula is C20H18N4O4S2. The molecule has 3 heterocycles. The third-order valence-corrected chi connectivity index (χ3v) is 7.00. The Morgan fingerprint density at radius 3 is 2.47 bits per heavy atom. The van der Waals surface area contributed by atoms with Crippen molar-refractivity contribution < 1.29 is 17.7 Å². The highest BCUT2D eigenvalue weighted by atomic mass is 32.2. The van der Waals surface area contributed by atoms with Crippen molar-refractivity contribution in [1.29, 1.82) is 0 Å². The molecule has 0 atom stereocenters. The second-order valence-electron chi connectivity index (χ2n) is 6.60. The third-order valence-electron chi connectivity index (χ3n) is 4.55. The second-order valence-corrected chi connectivity index (χ2v) is 9.77. The topological polar surface area (TPSA) is 114 Å². The lowest BCUT2D eigenvalue weighted by Crippen LogP contribution is -2.18. The molecule has 0 saturated carbocycles. The van der Waals surface area contributed by atoms with Crippen molar-refractivity contribution in [1.82, 2.24) is 14.9 Å². The van der Waals surface area contributed by atoms with Crippen LogP contribution in [0.15, 0.2) is 51.9 Å². The predicted octanol–water partition coefficient (Wildman–Crippen LogP) is 3.73. The standard InChI is InChI=1S/C20H18N4O4S2/c1-11-4-9-17(29-11)16-10-15(18-12(2)24-28-20(18)23-16)19(25)22-13-5-7-14(8-6-13)30(26,27)21-3/h4-10,21H,1-3H3,(H,22,25). The molecule has 1 amide bonds. The van der Waals surface area contributed by atoms with Gasteiger partial charge in [-0.05, 0) is 63.4 Å². The Morgan fingerprint density at radius 1 is 1.10 bits per heavy atom. The summed E-state index contributed by atoms with van der Waals surface area (Å²) in [4.78, 5) is 19.7. The summed E-state index contributed by atoms with van der Waals surface area (Å²) < 4.78 is 31.3. The molecule has 8 nitrogen and oxygen atoms in total. The van der Waals surface area contributed by atoms with E-state index >= 15 is 0 Å². The van der Waals surface area contributed by atoms with Gasteiger partial charge in [-0.1, -0.05) is 5.16 Å². The molecule has 0 saturated heterocycles. The molecular weight excluding hydrogens is 424 g/mol. The number of carbonyl (C=O) groups is 1. The van der Waals surface area contributed by atoms with E-state index in [0.717, 1.165) is 9.75 Å². The Bertz CT molecular complexity index is 1360. The Labute approximate surface area is 177 Å². The average Bonchev–Trinajstić information content (AvgIpc) is 3.33. The zero-order valence-electron chi connectivity index (χ0n) is 16.4. The van der Waals surface area contributed by atoms with Gasteiger partial charge in [0.05, 0.1) is 32.1 Å². The number of hydrogen-bond acceptors (Lipinski definition) is 7. The van der Waals surface area contributed by atoms with Gasteiger partial charge in [-0.15, -0.1) is 11.3 Å². The van der Waals surface area contributed by atoms with E-state index in [0.29, 0.717) is 28.0 Å². The summed E-state index contributed by atoms with van der Waals surface area (Å²) in [5.41, 5.74) is 2.32. The van der Waals surface area contributed by atoms with Crippen LogP contribution in [-0.2, 0) is 10.0 Å². The van der Waals surface area contributed by atoms with Crippen LogP contribution in [0.3, 0.4) is 0 Å². The van der Waals surface area contributed by atoms with E-state index in [9.17, 15) is 13.2 Å². The molecule has 2 N–H and O–H groups in total. The van der Waals surface area contributed by atoms with Crippen LogP contribution in [0.2, 0.25) is 0 Å². The molecule has 0 unspecified atom stereocenters. The van der Waals surface area contributed by atoms with Crippen molar-refractivity contribution in [3.63, 3.8) is 0 Å². The van der Waals surface area contributed by atoms with Crippen LogP contribution in [0.4, 0.5) is 5.69 Å². The van der Waals surface area contributed by atoms with E-state index in [1.807, 2.05) is 19.1 Å². The van der Waals surface area contributed by atoms with Gasteiger partial charge in [0, 0.05) is 10.6 Å². The molecule has 0 spiro atoms. The van der Waals surface area contributed by atoms with Gasteiger partial charge in [0.15, 0.2) is 0 Å². The third kappa shape index (κ3) is 3.72. The largest absolute Gasteiger partial charge is 0.335 e. The van der Waals surface area contributed by atoms with E-state index in [4.69, 9.17) is 4.52 Å². The molecule has 3 aromatic heterocycles. The average molecular weight is 443 g/mol. The van der Waals surface area contributed by atoms with Gasteiger partial charge in [0.1, 0.15) is 0 Å². The first-order chi connectivity index (χ1) is 14.3. The molecule has 0 aliphatic rings. The fourth-order valence-corrected chi connectivity index (χ4v) is 4.56. The smallest absolute Gasteiger partial charge is 0.259 e. The lowest BCUT2D eigenvalue weighted by atomic mass is 10.1. The first-order valence-electron chi connectivity index (χ1n) is 8.97. The number of sulfonamides is 1. The van der Waals surface area contributed by atoms with E-state index in [1.54, 1.807) is 24.3 Å². The summed E-state index contributed by atoms with van der Waals surface area (Å²) in [6.07, 6.45) is 0. The Morgan fingerprint density at radius 2 is 1.83 bits per heavy atom. The lowest BCUT2D eigenvalue weighted by Gasteiger charge is -2.09. The summed E-state index contributed by atoms with van der Waals surface area (Å²) in [5.74, 6) is -0.368. The highest BCUT2D eigenvalue weighted by Gasteiger charge is 2.20. The highest BCUT2D eigenvalue weighted by Crippen LogP contribution is 2.31. The SMILES string of the molecule is CNS(=O)(=O)c1ccc(NC(=O)c2cc(-c3ccc(C)s3)nc3onc(C)c23)cc1. The summed E-state index contributed by atoms with van der Waals surface area (Å²) in [5, 5.41) is 7.29. The van der Waals surface area contributed by atoms with Crippen molar-refractivity contribution in [2.24, 2.45) is 0 Å². The number of aromatic nitrogens is 2. The zero-order chi connectivity index (χ0) is 21.5. The molecule has 0 radical (unpaired) electrons. The number of carbonyl (C=O) groups excluding carboxylic acids is 1. The van der Waals surface area contributed by atoms with Crippen LogP contribution in [0, 0.1) is 13.8 Å². The number of amides is 1. The number of thiophene rings is 1. The normalized spacial score (nSPS) is 11.7. The Hall–Kier alpha value is -3.08. The number of nitrogens with zero attached hydrogens (tertiary/aromatic N) is 2. The molecule has 154 valence electrons. The first kappa shape index (κ1) is 20.2. The van der Waals surface area contributed by atoms with E-state index < -0.39 is 10.0 Å². The van der Waals surface area contributed by atoms with Crippen LogP contribution in [0.5, 0.6) is 0 Å². The Balaban J connectivity index is 1.71. The van der Waals surface area contributed by atoms with Gasteiger partial charge in [-0.3, -0.25) is 4.79 Å². The van der Waals surface area contributed by atoms with Crippen molar-refractivity contribution in [3.8, 4) is 10.6 Å². The molecule has 1 aromatic carbocycles. The van der Waals surface area contributed by atoms with E-state index in [-0.39, 0.29) is 16.5 Å². The summed E-state index contributed by atoms with van der Waals surface area (Å²) in [6, 6.07) is 11.6. The van der Waals surface area contributed by atoms with Gasteiger partial charge < -0.3 is 9.84 Å². The zero-order valence-corrected chi connectivity index (χ0v) is 18.0. The fraction of sp³-hybridized carbons (Fsp3) is 0.150. The van der Waals surface area contributed by atoms with Crippen LogP contribution in [0.25, 0.3) is 21.7 Å². The molecule has 0 aliphatic carbocycles. The van der Waals surface area contributed by atoms with Crippen LogP contribution in [0.1, 0.15) is 20.9 Å². The number of benzene rings is 1. The monoisotopic (exact) mass is 442 g/mol. The van der Waals surface area contributed by atoms with Gasteiger partial charge in [-0.25, -0.2) is 18.1 Å². The Kier molecular flexibility index (Phi) is 5.14. The number of aryl methyl sites for hydroxylation is 2. The minimum atomic E-state index is -3.55. The quantitative estimate of drug-likeness (QED) is 0.487. The van der Waals surface area contributed by atoms with Crippen LogP contribution >= 0.6 is 11.3 Å². The van der Waals surface area contributed by atoms with Gasteiger partial charge >= 0.3 is 0 Å².